The number of pyridine rings is 1. The average Bonchev–Trinajstić information content (AvgIpc) is 2.64. The molecule has 4 nitrogen and oxygen atoms in total. The largest absolute Gasteiger partial charge is 0.354 e. The molecule has 0 aliphatic carbocycles. The molecule has 1 aromatic heterocycles. The van der Waals surface area contributed by atoms with Crippen molar-refractivity contribution in [1.82, 2.24) is 4.98 Å². The van der Waals surface area contributed by atoms with E-state index in [2.05, 4.69) is 4.98 Å². The molecule has 0 N–H and O–H groups in total. The maximum absolute atomic E-state index is 12.9. The molecule has 0 spiro atoms. The van der Waals surface area contributed by atoms with Gasteiger partial charge in [-0.05, 0) is 18.6 Å². The van der Waals surface area contributed by atoms with E-state index in [1.54, 1.807) is 4.90 Å². The smallest absolute Gasteiger partial charge is 0.333 e. The number of aromatic nitrogens is 1. The van der Waals surface area contributed by atoms with Crippen LogP contribution < -0.4 is 4.90 Å². The molecular weight excluding hydrogens is 238 g/mol. The van der Waals surface area contributed by atoms with Gasteiger partial charge in [-0.3, -0.25) is 0 Å². The van der Waals surface area contributed by atoms with Crippen LogP contribution in [0.25, 0.3) is 0 Å². The Bertz CT molecular complexity index is 475. The van der Waals surface area contributed by atoms with Gasteiger partial charge in [0.05, 0.1) is 12.7 Å². The van der Waals surface area contributed by atoms with Gasteiger partial charge in [0.15, 0.2) is 0 Å². The Balaban J connectivity index is 2.20. The van der Waals surface area contributed by atoms with Crippen molar-refractivity contribution in [3.8, 4) is 0 Å². The Morgan fingerprint density at radius 1 is 1.44 bits per heavy atom. The minimum atomic E-state index is -4.71. The second-order valence-corrected chi connectivity index (χ2v) is 4.97. The van der Waals surface area contributed by atoms with Crippen LogP contribution in [0.5, 0.6) is 0 Å². The Labute approximate surface area is 92.1 Å². The van der Waals surface area contributed by atoms with E-state index in [-0.39, 0.29) is 6.54 Å². The van der Waals surface area contributed by atoms with Crippen molar-refractivity contribution in [1.29, 1.82) is 0 Å². The standard InChI is InChI=1S/C9H10F2N2O2S/c10-7-3-4-13(6-7)9-2-1-8(5-12-9)16(11,14)15/h1-2,5,7H,3-4,6H2/t7-/m0/s1. The van der Waals surface area contributed by atoms with Gasteiger partial charge in [0.2, 0.25) is 0 Å². The molecule has 0 saturated carbocycles. The highest BCUT2D eigenvalue weighted by Crippen LogP contribution is 2.21. The summed E-state index contributed by atoms with van der Waals surface area (Å²) >= 11 is 0. The summed E-state index contributed by atoms with van der Waals surface area (Å²) in [5.41, 5.74) is 0. The summed E-state index contributed by atoms with van der Waals surface area (Å²) in [4.78, 5) is 5.02. The molecule has 1 atom stereocenters. The maximum Gasteiger partial charge on any atom is 0.333 e. The fourth-order valence-electron chi connectivity index (χ4n) is 1.63. The van der Waals surface area contributed by atoms with E-state index >= 15 is 0 Å². The van der Waals surface area contributed by atoms with Crippen molar-refractivity contribution in [3.63, 3.8) is 0 Å². The van der Waals surface area contributed by atoms with E-state index in [0.717, 1.165) is 12.3 Å². The lowest BCUT2D eigenvalue weighted by atomic mass is 10.3. The van der Waals surface area contributed by atoms with Gasteiger partial charge in [-0.2, -0.15) is 8.42 Å². The lowest BCUT2D eigenvalue weighted by Gasteiger charge is -2.15. The number of rotatable bonds is 2. The van der Waals surface area contributed by atoms with Gasteiger partial charge in [0, 0.05) is 6.54 Å². The minimum absolute atomic E-state index is 0.245. The third kappa shape index (κ3) is 2.29. The van der Waals surface area contributed by atoms with Crippen molar-refractivity contribution in [2.75, 3.05) is 18.0 Å². The second kappa shape index (κ2) is 3.97. The fourth-order valence-corrected chi connectivity index (χ4v) is 2.04. The molecule has 0 radical (unpaired) electrons. The number of hydrogen-bond acceptors (Lipinski definition) is 4. The van der Waals surface area contributed by atoms with Gasteiger partial charge < -0.3 is 4.90 Å². The number of alkyl halides is 1. The Hall–Kier alpha value is -1.24. The normalized spacial score (nSPS) is 21.4. The highest BCUT2D eigenvalue weighted by molar-refractivity contribution is 7.86. The van der Waals surface area contributed by atoms with Crippen molar-refractivity contribution in [3.05, 3.63) is 18.3 Å². The van der Waals surface area contributed by atoms with Crippen molar-refractivity contribution in [2.45, 2.75) is 17.5 Å². The van der Waals surface area contributed by atoms with Crippen LogP contribution >= 0.6 is 0 Å². The van der Waals surface area contributed by atoms with Crippen LogP contribution in [0.1, 0.15) is 6.42 Å². The van der Waals surface area contributed by atoms with E-state index in [0.29, 0.717) is 18.8 Å². The Kier molecular flexibility index (Phi) is 2.79. The fraction of sp³-hybridized carbons (Fsp3) is 0.444. The van der Waals surface area contributed by atoms with Crippen molar-refractivity contribution >= 4 is 16.0 Å². The van der Waals surface area contributed by atoms with Crippen LogP contribution in [0.3, 0.4) is 0 Å². The summed E-state index contributed by atoms with van der Waals surface area (Å²) in [5, 5.41) is 0. The zero-order chi connectivity index (χ0) is 11.8. The molecule has 1 aliphatic rings. The Morgan fingerprint density at radius 2 is 2.19 bits per heavy atom. The number of hydrogen-bond donors (Lipinski definition) is 0. The summed E-state index contributed by atoms with van der Waals surface area (Å²) in [6, 6.07) is 2.51. The molecule has 2 rings (SSSR count). The van der Waals surface area contributed by atoms with E-state index in [1.807, 2.05) is 0 Å². The van der Waals surface area contributed by atoms with Crippen LogP contribution in [0, 0.1) is 0 Å². The van der Waals surface area contributed by atoms with Crippen molar-refractivity contribution in [2.24, 2.45) is 0 Å². The predicted octanol–water partition coefficient (Wildman–Crippen LogP) is 1.29. The third-order valence-electron chi connectivity index (χ3n) is 2.46. The molecule has 1 fully saturated rings. The number of nitrogens with zero attached hydrogens (tertiary/aromatic N) is 2. The van der Waals surface area contributed by atoms with E-state index in [1.165, 1.54) is 6.07 Å². The predicted molar refractivity (Wildman–Crippen MR) is 54.3 cm³/mol. The maximum atomic E-state index is 12.9. The summed E-state index contributed by atoms with van der Waals surface area (Å²) in [7, 11) is -4.71. The molecule has 0 unspecified atom stereocenters. The first-order valence-electron chi connectivity index (χ1n) is 4.76. The van der Waals surface area contributed by atoms with E-state index < -0.39 is 21.3 Å². The number of anilines is 1. The lowest BCUT2D eigenvalue weighted by Crippen LogP contribution is -2.21. The summed E-state index contributed by atoms with van der Waals surface area (Å²) in [6.07, 6.45) is 0.493. The molecular formula is C9H10F2N2O2S. The van der Waals surface area contributed by atoms with Crippen molar-refractivity contribution < 1.29 is 16.7 Å². The van der Waals surface area contributed by atoms with Gasteiger partial charge in [-0.1, -0.05) is 0 Å². The second-order valence-electron chi connectivity index (χ2n) is 3.62. The third-order valence-corrected chi connectivity index (χ3v) is 3.26. The Morgan fingerprint density at radius 3 is 2.62 bits per heavy atom. The summed E-state index contributed by atoms with van der Waals surface area (Å²) in [6.45, 7) is 0.782. The zero-order valence-corrected chi connectivity index (χ0v) is 9.12. The molecule has 0 amide bonds. The van der Waals surface area contributed by atoms with Crippen LogP contribution in [0.4, 0.5) is 14.1 Å². The highest BCUT2D eigenvalue weighted by Gasteiger charge is 2.23. The van der Waals surface area contributed by atoms with Crippen LogP contribution in [0.15, 0.2) is 23.2 Å². The summed E-state index contributed by atoms with van der Waals surface area (Å²) in [5.74, 6) is 0.465. The first-order valence-corrected chi connectivity index (χ1v) is 6.15. The first kappa shape index (κ1) is 11.3. The molecule has 0 aromatic carbocycles. The molecule has 1 aliphatic heterocycles. The zero-order valence-electron chi connectivity index (χ0n) is 8.31. The molecule has 2 heterocycles. The quantitative estimate of drug-likeness (QED) is 0.740. The monoisotopic (exact) mass is 248 g/mol. The van der Waals surface area contributed by atoms with Crippen LogP contribution in [-0.4, -0.2) is 32.7 Å². The molecule has 16 heavy (non-hydrogen) atoms. The minimum Gasteiger partial charge on any atom is -0.354 e. The topological polar surface area (TPSA) is 50.3 Å². The summed E-state index contributed by atoms with van der Waals surface area (Å²) < 4.78 is 46.5. The average molecular weight is 248 g/mol. The first-order chi connectivity index (χ1) is 7.47. The lowest BCUT2D eigenvalue weighted by molar-refractivity contribution is 0.364. The van der Waals surface area contributed by atoms with E-state index in [9.17, 15) is 16.7 Å². The van der Waals surface area contributed by atoms with Crippen LogP contribution in [-0.2, 0) is 10.2 Å². The molecule has 7 heteroatoms. The van der Waals surface area contributed by atoms with Gasteiger partial charge in [-0.25, -0.2) is 9.37 Å². The highest BCUT2D eigenvalue weighted by atomic mass is 32.3. The molecule has 88 valence electrons. The van der Waals surface area contributed by atoms with Gasteiger partial charge >= 0.3 is 10.2 Å². The van der Waals surface area contributed by atoms with Crippen LogP contribution in [0.2, 0.25) is 0 Å². The number of halogens is 2. The van der Waals surface area contributed by atoms with Gasteiger partial charge in [0.25, 0.3) is 0 Å². The van der Waals surface area contributed by atoms with E-state index in [4.69, 9.17) is 0 Å². The molecule has 1 saturated heterocycles. The SMILES string of the molecule is O=S(=O)(F)c1ccc(N2CC[C@H](F)C2)nc1. The van der Waals surface area contributed by atoms with Gasteiger partial charge in [-0.15, -0.1) is 3.89 Å². The molecule has 1 aromatic rings. The van der Waals surface area contributed by atoms with Gasteiger partial charge in [0.1, 0.15) is 16.9 Å². The molecule has 0 bridgehead atoms.